The highest BCUT2D eigenvalue weighted by Crippen LogP contribution is 2.12. The van der Waals surface area contributed by atoms with Crippen LogP contribution in [-0.2, 0) is 0 Å². The minimum Gasteiger partial charge on any atom is -0.423 e. The van der Waals surface area contributed by atoms with Crippen LogP contribution in [0.15, 0.2) is 39.5 Å². The first-order valence-corrected chi connectivity index (χ1v) is 3.45. The molecule has 0 radical (unpaired) electrons. The maximum absolute atomic E-state index is 12.6. The van der Waals surface area contributed by atoms with Gasteiger partial charge in [-0.15, -0.1) is 0 Å². The van der Waals surface area contributed by atoms with Gasteiger partial charge in [0.25, 0.3) is 0 Å². The molecule has 3 heteroatoms. The molecule has 12 heavy (non-hydrogen) atoms. The molecule has 0 aliphatic rings. The third-order valence-corrected chi connectivity index (χ3v) is 1.58. The van der Waals surface area contributed by atoms with Crippen molar-refractivity contribution in [3.8, 4) is 0 Å². The molecule has 0 saturated carbocycles. The van der Waals surface area contributed by atoms with Gasteiger partial charge >= 0.3 is 5.63 Å². The smallest absolute Gasteiger partial charge is 0.336 e. The van der Waals surface area contributed by atoms with Crippen molar-refractivity contribution in [2.75, 3.05) is 0 Å². The van der Waals surface area contributed by atoms with E-state index in [4.69, 9.17) is 4.42 Å². The van der Waals surface area contributed by atoms with E-state index in [2.05, 4.69) is 0 Å². The number of rotatable bonds is 0. The van der Waals surface area contributed by atoms with Crippen molar-refractivity contribution in [1.29, 1.82) is 0 Å². The number of hydrogen-bond acceptors (Lipinski definition) is 2. The first kappa shape index (κ1) is 7.03. The van der Waals surface area contributed by atoms with Gasteiger partial charge in [0.1, 0.15) is 11.4 Å². The summed E-state index contributed by atoms with van der Waals surface area (Å²) in [5, 5.41) is 0.592. The predicted octanol–water partition coefficient (Wildman–Crippen LogP) is 1.93. The van der Waals surface area contributed by atoms with Gasteiger partial charge in [-0.3, -0.25) is 0 Å². The van der Waals surface area contributed by atoms with Crippen molar-refractivity contribution in [1.82, 2.24) is 0 Å². The van der Waals surface area contributed by atoms with E-state index >= 15 is 0 Å². The quantitative estimate of drug-likeness (QED) is 0.557. The fraction of sp³-hybridized carbons (Fsp3) is 0. The van der Waals surface area contributed by atoms with Crippen LogP contribution in [0, 0.1) is 5.82 Å². The standard InChI is InChI=1S/C9H5FO2/c10-7-2-3-8-6(5-7)1-4-9(11)12-8/h1-5H. The summed E-state index contributed by atoms with van der Waals surface area (Å²) < 4.78 is 17.4. The lowest BCUT2D eigenvalue weighted by Crippen LogP contribution is -1.94. The molecule has 1 aromatic heterocycles. The van der Waals surface area contributed by atoms with E-state index in [1.54, 1.807) is 0 Å². The van der Waals surface area contributed by atoms with Gasteiger partial charge < -0.3 is 4.42 Å². The minimum absolute atomic E-state index is 0.337. The van der Waals surface area contributed by atoms with E-state index in [-0.39, 0.29) is 5.82 Å². The lowest BCUT2D eigenvalue weighted by Gasteiger charge is -1.93. The second kappa shape index (κ2) is 2.44. The number of hydrogen-bond donors (Lipinski definition) is 0. The molecule has 1 aromatic carbocycles. The van der Waals surface area contributed by atoms with Gasteiger partial charge in [0.2, 0.25) is 0 Å². The molecule has 0 spiro atoms. The molecule has 0 aliphatic carbocycles. The number of fused-ring (bicyclic) bond motifs is 1. The van der Waals surface area contributed by atoms with Gasteiger partial charge in [0.05, 0.1) is 0 Å². The summed E-state index contributed by atoms with van der Waals surface area (Å²) in [7, 11) is 0. The summed E-state index contributed by atoms with van der Waals surface area (Å²) in [4.78, 5) is 10.7. The molecule has 2 nitrogen and oxygen atoms in total. The van der Waals surface area contributed by atoms with E-state index in [0.29, 0.717) is 11.0 Å². The van der Waals surface area contributed by atoms with E-state index in [9.17, 15) is 9.18 Å². The molecule has 2 rings (SSSR count). The molecule has 0 N–H and O–H groups in total. The Labute approximate surface area is 67.2 Å². The van der Waals surface area contributed by atoms with Gasteiger partial charge in [-0.05, 0) is 24.3 Å². The third-order valence-electron chi connectivity index (χ3n) is 1.58. The van der Waals surface area contributed by atoms with Crippen LogP contribution in [-0.4, -0.2) is 0 Å². The highest BCUT2D eigenvalue weighted by atomic mass is 19.1. The molecule has 0 atom stereocenters. The Morgan fingerprint density at radius 2 is 2.00 bits per heavy atom. The van der Waals surface area contributed by atoms with Crippen molar-refractivity contribution < 1.29 is 8.81 Å². The lowest BCUT2D eigenvalue weighted by molar-refractivity contribution is 0.558. The average molecular weight is 164 g/mol. The van der Waals surface area contributed by atoms with E-state index in [1.807, 2.05) is 0 Å². The van der Waals surface area contributed by atoms with Gasteiger partial charge in [0, 0.05) is 11.5 Å². The first-order valence-electron chi connectivity index (χ1n) is 3.45. The summed E-state index contributed by atoms with van der Waals surface area (Å²) in [6.45, 7) is 0. The molecule has 0 fully saturated rings. The fourth-order valence-corrected chi connectivity index (χ4v) is 1.04. The average Bonchev–Trinajstić information content (AvgIpc) is 2.05. The van der Waals surface area contributed by atoms with Crippen LogP contribution in [0.25, 0.3) is 11.0 Å². The molecule has 2 aromatic rings. The first-order chi connectivity index (χ1) is 5.75. The lowest BCUT2D eigenvalue weighted by atomic mass is 10.2. The largest absolute Gasteiger partial charge is 0.423 e. The van der Waals surface area contributed by atoms with Gasteiger partial charge in [-0.1, -0.05) is 0 Å². The molecular formula is C9H5FO2. The van der Waals surface area contributed by atoms with Crippen LogP contribution in [0.4, 0.5) is 4.39 Å². The summed E-state index contributed by atoms with van der Waals surface area (Å²) in [6.07, 6.45) is 0. The molecule has 0 amide bonds. The van der Waals surface area contributed by atoms with Crippen LogP contribution in [0.1, 0.15) is 0 Å². The van der Waals surface area contributed by atoms with Crippen LogP contribution >= 0.6 is 0 Å². The summed E-state index contributed by atoms with van der Waals surface area (Å²) >= 11 is 0. The monoisotopic (exact) mass is 164 g/mol. The number of benzene rings is 1. The zero-order chi connectivity index (χ0) is 8.55. The van der Waals surface area contributed by atoms with Crippen molar-refractivity contribution >= 4 is 11.0 Å². The Morgan fingerprint density at radius 3 is 2.83 bits per heavy atom. The molecule has 0 saturated heterocycles. The SMILES string of the molecule is O=c1ccc2cc(F)ccc2o1. The second-order valence-electron chi connectivity index (χ2n) is 2.44. The van der Waals surface area contributed by atoms with E-state index < -0.39 is 5.63 Å². The molecule has 0 unspecified atom stereocenters. The van der Waals surface area contributed by atoms with Gasteiger partial charge in [-0.2, -0.15) is 0 Å². The van der Waals surface area contributed by atoms with E-state index in [0.717, 1.165) is 0 Å². The molecule has 1 heterocycles. The summed E-state index contributed by atoms with van der Waals surface area (Å²) in [6, 6.07) is 6.81. The fourth-order valence-electron chi connectivity index (χ4n) is 1.04. The normalized spacial score (nSPS) is 10.4. The van der Waals surface area contributed by atoms with Crippen LogP contribution in [0.3, 0.4) is 0 Å². The van der Waals surface area contributed by atoms with Crippen LogP contribution < -0.4 is 5.63 Å². The topological polar surface area (TPSA) is 30.2 Å². The Balaban J connectivity index is 2.87. The Morgan fingerprint density at radius 1 is 1.17 bits per heavy atom. The molecular weight excluding hydrogens is 159 g/mol. The van der Waals surface area contributed by atoms with Crippen LogP contribution in [0.5, 0.6) is 0 Å². The minimum atomic E-state index is -0.422. The molecule has 0 aliphatic heterocycles. The Kier molecular flexibility index (Phi) is 1.43. The molecule has 0 bridgehead atoms. The molecule has 60 valence electrons. The number of halogens is 1. The maximum atomic E-state index is 12.6. The zero-order valence-electron chi connectivity index (χ0n) is 6.08. The Hall–Kier alpha value is -1.64. The van der Waals surface area contributed by atoms with Crippen molar-refractivity contribution in [2.45, 2.75) is 0 Å². The van der Waals surface area contributed by atoms with Crippen molar-refractivity contribution in [3.05, 3.63) is 46.6 Å². The van der Waals surface area contributed by atoms with Crippen molar-refractivity contribution in [3.63, 3.8) is 0 Å². The highest BCUT2D eigenvalue weighted by molar-refractivity contribution is 5.75. The summed E-state index contributed by atoms with van der Waals surface area (Å²) in [5.41, 5.74) is -0.0157. The predicted molar refractivity (Wildman–Crippen MR) is 42.4 cm³/mol. The van der Waals surface area contributed by atoms with Gasteiger partial charge in [-0.25, -0.2) is 9.18 Å². The van der Waals surface area contributed by atoms with Crippen molar-refractivity contribution in [2.24, 2.45) is 0 Å². The summed E-state index contributed by atoms with van der Waals surface area (Å²) in [5.74, 6) is -0.337. The highest BCUT2D eigenvalue weighted by Gasteiger charge is 1.97. The van der Waals surface area contributed by atoms with E-state index in [1.165, 1.54) is 30.3 Å². The third kappa shape index (κ3) is 1.09. The maximum Gasteiger partial charge on any atom is 0.336 e. The van der Waals surface area contributed by atoms with Crippen LogP contribution in [0.2, 0.25) is 0 Å². The Bertz CT molecular complexity index is 473. The zero-order valence-corrected chi connectivity index (χ0v) is 6.08. The second-order valence-corrected chi connectivity index (χ2v) is 2.44. The van der Waals surface area contributed by atoms with Gasteiger partial charge in [0.15, 0.2) is 0 Å².